The van der Waals surface area contributed by atoms with E-state index in [2.05, 4.69) is 18.3 Å². The lowest BCUT2D eigenvalue weighted by atomic mass is 10.0. The normalized spacial score (nSPS) is 10.6. The van der Waals surface area contributed by atoms with Crippen LogP contribution >= 0.6 is 0 Å². The Morgan fingerprint density at radius 3 is 2.38 bits per heavy atom. The van der Waals surface area contributed by atoms with Crippen LogP contribution in [0.3, 0.4) is 0 Å². The highest BCUT2D eigenvalue weighted by molar-refractivity contribution is 5.94. The molecule has 1 aromatic rings. The molecule has 3 heteroatoms. The minimum atomic E-state index is -0.318. The third kappa shape index (κ3) is 7.86. The minimum Gasteiger partial charge on any atom is -0.376 e. The number of hydrogen-bond donors (Lipinski definition) is 2. The SMILES string of the molecule is CCCCCCCCCCc1cccc(C(=O)NCO)c1. The van der Waals surface area contributed by atoms with E-state index in [0.717, 1.165) is 6.42 Å². The van der Waals surface area contributed by atoms with Gasteiger partial charge in [0.25, 0.3) is 5.91 Å². The second kappa shape index (κ2) is 11.3. The second-order valence-corrected chi connectivity index (χ2v) is 5.59. The van der Waals surface area contributed by atoms with Crippen molar-refractivity contribution in [3.8, 4) is 0 Å². The fraction of sp³-hybridized carbons (Fsp3) is 0.611. The maximum Gasteiger partial charge on any atom is 0.253 e. The standard InChI is InChI=1S/C18H29NO2/c1-2-3-4-5-6-7-8-9-11-16-12-10-13-17(14-16)18(21)19-15-20/h10,12-14,20H,2-9,11,15H2,1H3,(H,19,21). The van der Waals surface area contributed by atoms with Crippen LogP contribution in [0.1, 0.15) is 74.2 Å². The van der Waals surface area contributed by atoms with Crippen LogP contribution in [0.25, 0.3) is 0 Å². The number of amides is 1. The average molecular weight is 291 g/mol. The summed E-state index contributed by atoms with van der Waals surface area (Å²) in [5.41, 5.74) is 1.83. The number of aliphatic hydroxyl groups is 1. The summed E-state index contributed by atoms with van der Waals surface area (Å²) in [7, 11) is 0. The van der Waals surface area contributed by atoms with Crippen molar-refractivity contribution < 1.29 is 9.90 Å². The Labute approximate surface area is 128 Å². The van der Waals surface area contributed by atoms with Crippen molar-refractivity contribution in [3.05, 3.63) is 35.4 Å². The minimum absolute atomic E-state index is 0.213. The van der Waals surface area contributed by atoms with Gasteiger partial charge >= 0.3 is 0 Å². The summed E-state index contributed by atoms with van der Waals surface area (Å²) < 4.78 is 0. The van der Waals surface area contributed by atoms with Crippen LogP contribution in [0, 0.1) is 0 Å². The van der Waals surface area contributed by atoms with Crippen LogP contribution in [0.15, 0.2) is 24.3 Å². The van der Waals surface area contributed by atoms with Crippen LogP contribution in [0.5, 0.6) is 0 Å². The Hall–Kier alpha value is -1.35. The molecule has 0 aliphatic carbocycles. The summed E-state index contributed by atoms with van der Waals surface area (Å²) >= 11 is 0. The van der Waals surface area contributed by atoms with Crippen molar-refractivity contribution in [1.29, 1.82) is 0 Å². The topological polar surface area (TPSA) is 49.3 Å². The molecule has 0 aliphatic rings. The summed E-state index contributed by atoms with van der Waals surface area (Å²) in [4.78, 5) is 11.6. The molecule has 1 aromatic carbocycles. The van der Waals surface area contributed by atoms with Crippen molar-refractivity contribution in [2.24, 2.45) is 0 Å². The van der Waals surface area contributed by atoms with E-state index in [4.69, 9.17) is 5.11 Å². The van der Waals surface area contributed by atoms with Gasteiger partial charge in [0.1, 0.15) is 6.73 Å². The van der Waals surface area contributed by atoms with Crippen molar-refractivity contribution in [3.63, 3.8) is 0 Å². The molecule has 1 amide bonds. The first-order valence-corrected chi connectivity index (χ1v) is 8.26. The smallest absolute Gasteiger partial charge is 0.253 e. The van der Waals surface area contributed by atoms with Crippen molar-refractivity contribution in [2.75, 3.05) is 6.73 Å². The van der Waals surface area contributed by atoms with Crippen molar-refractivity contribution >= 4 is 5.91 Å². The number of unbranched alkanes of at least 4 members (excludes halogenated alkanes) is 7. The Kier molecular flexibility index (Phi) is 9.55. The van der Waals surface area contributed by atoms with E-state index in [9.17, 15) is 4.79 Å². The Balaban J connectivity index is 2.20. The Bertz CT molecular complexity index is 404. The molecule has 118 valence electrons. The molecule has 0 aromatic heterocycles. The van der Waals surface area contributed by atoms with Gasteiger partial charge in [-0.25, -0.2) is 0 Å². The van der Waals surface area contributed by atoms with E-state index >= 15 is 0 Å². The van der Waals surface area contributed by atoms with Gasteiger partial charge in [0, 0.05) is 5.56 Å². The Morgan fingerprint density at radius 1 is 1.05 bits per heavy atom. The zero-order chi connectivity index (χ0) is 15.3. The highest BCUT2D eigenvalue weighted by Gasteiger charge is 2.04. The first-order chi connectivity index (χ1) is 10.3. The van der Waals surface area contributed by atoms with Gasteiger partial charge < -0.3 is 10.4 Å². The summed E-state index contributed by atoms with van der Waals surface area (Å²) in [5.74, 6) is -0.213. The largest absolute Gasteiger partial charge is 0.376 e. The molecule has 0 saturated heterocycles. The van der Waals surface area contributed by atoms with Gasteiger partial charge in [-0.15, -0.1) is 0 Å². The Morgan fingerprint density at radius 2 is 1.71 bits per heavy atom. The molecule has 21 heavy (non-hydrogen) atoms. The molecule has 0 saturated carbocycles. The lowest BCUT2D eigenvalue weighted by molar-refractivity contribution is 0.0910. The zero-order valence-corrected chi connectivity index (χ0v) is 13.2. The highest BCUT2D eigenvalue weighted by atomic mass is 16.3. The number of nitrogens with one attached hydrogen (secondary N) is 1. The van der Waals surface area contributed by atoms with Crippen LogP contribution in [0.2, 0.25) is 0 Å². The molecule has 3 nitrogen and oxygen atoms in total. The number of carbonyl (C=O) groups is 1. The third-order valence-corrected chi connectivity index (χ3v) is 3.75. The number of rotatable bonds is 11. The van der Waals surface area contributed by atoms with Gasteiger partial charge in [-0.05, 0) is 30.5 Å². The number of aliphatic hydroxyl groups excluding tert-OH is 1. The third-order valence-electron chi connectivity index (χ3n) is 3.75. The van der Waals surface area contributed by atoms with Crippen molar-refractivity contribution in [1.82, 2.24) is 5.32 Å². The maximum absolute atomic E-state index is 11.6. The average Bonchev–Trinajstić information content (AvgIpc) is 2.50. The van der Waals surface area contributed by atoms with E-state index in [1.54, 1.807) is 6.07 Å². The molecular weight excluding hydrogens is 262 g/mol. The summed E-state index contributed by atoms with van der Waals surface area (Å²) in [6.07, 6.45) is 11.5. The van der Waals surface area contributed by atoms with E-state index in [0.29, 0.717) is 5.56 Å². The van der Waals surface area contributed by atoms with E-state index in [1.807, 2.05) is 12.1 Å². The first kappa shape index (κ1) is 17.7. The molecule has 0 spiro atoms. The van der Waals surface area contributed by atoms with E-state index < -0.39 is 0 Å². The number of aryl methyl sites for hydroxylation is 1. The molecular formula is C18H29NO2. The lowest BCUT2D eigenvalue weighted by Crippen LogP contribution is -2.24. The molecule has 1 rings (SSSR count). The first-order valence-electron chi connectivity index (χ1n) is 8.26. The van der Waals surface area contributed by atoms with Gasteiger partial charge in [-0.1, -0.05) is 64.0 Å². The number of benzene rings is 1. The molecule has 0 aliphatic heterocycles. The monoisotopic (exact) mass is 291 g/mol. The van der Waals surface area contributed by atoms with Gasteiger partial charge in [-0.2, -0.15) is 0 Å². The van der Waals surface area contributed by atoms with Gasteiger partial charge in [-0.3, -0.25) is 4.79 Å². The molecule has 0 unspecified atom stereocenters. The zero-order valence-electron chi connectivity index (χ0n) is 13.2. The molecule has 0 heterocycles. The predicted molar refractivity (Wildman–Crippen MR) is 87.3 cm³/mol. The molecule has 2 N–H and O–H groups in total. The highest BCUT2D eigenvalue weighted by Crippen LogP contribution is 2.12. The summed E-state index contributed by atoms with van der Waals surface area (Å²) in [5, 5.41) is 11.1. The van der Waals surface area contributed by atoms with Gasteiger partial charge in [0.15, 0.2) is 0 Å². The van der Waals surface area contributed by atoms with E-state index in [-0.39, 0.29) is 12.6 Å². The molecule has 0 fully saturated rings. The van der Waals surface area contributed by atoms with E-state index in [1.165, 1.54) is 56.9 Å². The fourth-order valence-corrected chi connectivity index (χ4v) is 2.50. The maximum atomic E-state index is 11.6. The molecule has 0 radical (unpaired) electrons. The molecule has 0 bridgehead atoms. The van der Waals surface area contributed by atoms with Crippen LogP contribution in [-0.2, 0) is 6.42 Å². The van der Waals surface area contributed by atoms with Crippen LogP contribution in [-0.4, -0.2) is 17.7 Å². The lowest BCUT2D eigenvalue weighted by Gasteiger charge is -2.06. The van der Waals surface area contributed by atoms with Gasteiger partial charge in [0.2, 0.25) is 0 Å². The van der Waals surface area contributed by atoms with Crippen LogP contribution in [0.4, 0.5) is 0 Å². The summed E-state index contributed by atoms with van der Waals surface area (Å²) in [6.45, 7) is 1.93. The van der Waals surface area contributed by atoms with Crippen molar-refractivity contribution in [2.45, 2.75) is 64.7 Å². The number of hydrogen-bond acceptors (Lipinski definition) is 2. The predicted octanol–water partition coefficient (Wildman–Crippen LogP) is 4.05. The van der Waals surface area contributed by atoms with Gasteiger partial charge in [0.05, 0.1) is 0 Å². The second-order valence-electron chi connectivity index (χ2n) is 5.59. The summed E-state index contributed by atoms with van der Waals surface area (Å²) in [6, 6.07) is 7.68. The van der Waals surface area contributed by atoms with Crippen LogP contribution < -0.4 is 5.32 Å². The molecule has 0 atom stereocenters. The fourth-order valence-electron chi connectivity index (χ4n) is 2.50. The quantitative estimate of drug-likeness (QED) is 0.477. The number of carbonyl (C=O) groups excluding carboxylic acids is 1.